The number of sulfonamides is 1. The minimum atomic E-state index is -4.00. The number of amides is 1. The van der Waals surface area contributed by atoms with Crippen molar-refractivity contribution < 1.29 is 17.9 Å². The fraction of sp³-hybridized carbons (Fsp3) is 0.526. The summed E-state index contributed by atoms with van der Waals surface area (Å²) in [7, 11) is -5.56. The first-order chi connectivity index (χ1) is 11.7. The molecular formula is C19H29NO4SSi. The van der Waals surface area contributed by atoms with E-state index in [0.29, 0.717) is 0 Å². The Morgan fingerprint density at radius 2 is 1.69 bits per heavy atom. The van der Waals surface area contributed by atoms with Crippen LogP contribution in [-0.2, 0) is 14.8 Å². The summed E-state index contributed by atoms with van der Waals surface area (Å²) in [6, 6.07) is 6.39. The van der Waals surface area contributed by atoms with Crippen LogP contribution in [0.5, 0.6) is 0 Å². The molecule has 0 fully saturated rings. The Bertz CT molecular complexity index is 791. The average Bonchev–Trinajstić information content (AvgIpc) is 2.44. The van der Waals surface area contributed by atoms with Crippen LogP contribution in [0.4, 0.5) is 4.79 Å². The molecule has 7 heteroatoms. The number of hydrogen-bond acceptors (Lipinski definition) is 4. The summed E-state index contributed by atoms with van der Waals surface area (Å²) in [4.78, 5) is 12.6. The number of ether oxygens (including phenoxy) is 1. The normalized spacial score (nSPS) is 12.1. The fourth-order valence-corrected chi connectivity index (χ4v) is 3.90. The van der Waals surface area contributed by atoms with Gasteiger partial charge in [-0.1, -0.05) is 37.3 Å². The van der Waals surface area contributed by atoms with Crippen molar-refractivity contribution in [1.29, 1.82) is 0 Å². The van der Waals surface area contributed by atoms with Gasteiger partial charge in [-0.2, -0.15) is 4.31 Å². The van der Waals surface area contributed by atoms with Gasteiger partial charge in [-0.25, -0.2) is 13.2 Å². The third-order valence-corrected chi connectivity index (χ3v) is 5.82. The standard InChI is InChI=1S/C19H29NO4SSi/c1-16-10-12-17(13-11-16)25(22,23)20(18(21)24-19(2,3)4)14-8-9-15-26(5,6)7/h10-13H,8,14H2,1-7H3. The van der Waals surface area contributed by atoms with E-state index in [1.54, 1.807) is 32.9 Å². The van der Waals surface area contributed by atoms with Crippen molar-refractivity contribution in [2.45, 2.75) is 64.3 Å². The van der Waals surface area contributed by atoms with Crippen molar-refractivity contribution in [3.63, 3.8) is 0 Å². The number of aryl methyl sites for hydroxylation is 1. The summed E-state index contributed by atoms with van der Waals surface area (Å²) in [6.07, 6.45) is -0.609. The van der Waals surface area contributed by atoms with Gasteiger partial charge in [0.05, 0.1) is 11.4 Å². The molecule has 0 radical (unpaired) electrons. The van der Waals surface area contributed by atoms with E-state index in [2.05, 4.69) is 31.1 Å². The Balaban J connectivity index is 3.15. The van der Waals surface area contributed by atoms with Crippen molar-refractivity contribution in [2.24, 2.45) is 0 Å². The molecule has 1 aromatic rings. The minimum absolute atomic E-state index is 0.0391. The molecule has 0 aliphatic carbocycles. The maximum atomic E-state index is 12.9. The summed E-state index contributed by atoms with van der Waals surface area (Å²) in [5, 5.41) is 0. The molecule has 5 nitrogen and oxygen atoms in total. The lowest BCUT2D eigenvalue weighted by atomic mass is 10.2. The van der Waals surface area contributed by atoms with Crippen LogP contribution >= 0.6 is 0 Å². The van der Waals surface area contributed by atoms with Gasteiger partial charge in [0.15, 0.2) is 0 Å². The number of nitrogens with zero attached hydrogens (tertiary/aromatic N) is 1. The summed E-state index contributed by atoms with van der Waals surface area (Å²) >= 11 is 0. The van der Waals surface area contributed by atoms with Crippen molar-refractivity contribution >= 4 is 24.2 Å². The van der Waals surface area contributed by atoms with E-state index >= 15 is 0 Å². The van der Waals surface area contributed by atoms with E-state index in [1.807, 2.05) is 6.92 Å². The first-order valence-corrected chi connectivity index (χ1v) is 13.5. The van der Waals surface area contributed by atoms with Gasteiger partial charge in [-0.15, -0.1) is 11.5 Å². The lowest BCUT2D eigenvalue weighted by molar-refractivity contribution is 0.0393. The molecule has 0 aliphatic rings. The molecule has 0 heterocycles. The van der Waals surface area contributed by atoms with Crippen LogP contribution in [-0.4, -0.2) is 39.0 Å². The highest BCUT2D eigenvalue weighted by atomic mass is 32.2. The highest BCUT2D eigenvalue weighted by molar-refractivity contribution is 7.89. The van der Waals surface area contributed by atoms with Crippen LogP contribution in [0.1, 0.15) is 32.8 Å². The lowest BCUT2D eigenvalue weighted by Crippen LogP contribution is -2.41. The number of hydrogen-bond donors (Lipinski definition) is 0. The van der Waals surface area contributed by atoms with Crippen LogP contribution in [0.2, 0.25) is 19.6 Å². The van der Waals surface area contributed by atoms with E-state index in [4.69, 9.17) is 4.74 Å². The second kappa shape index (κ2) is 8.27. The Morgan fingerprint density at radius 3 is 2.15 bits per heavy atom. The summed E-state index contributed by atoms with van der Waals surface area (Å²) in [5.74, 6) is 3.00. The number of rotatable bonds is 4. The Morgan fingerprint density at radius 1 is 1.15 bits per heavy atom. The van der Waals surface area contributed by atoms with Crippen LogP contribution in [0.25, 0.3) is 0 Å². The molecule has 1 rings (SSSR count). The molecule has 0 spiro atoms. The zero-order valence-electron chi connectivity index (χ0n) is 16.7. The second-order valence-electron chi connectivity index (χ2n) is 8.17. The molecule has 144 valence electrons. The zero-order chi connectivity index (χ0) is 20.2. The second-order valence-corrected chi connectivity index (χ2v) is 14.8. The Kier molecular flexibility index (Phi) is 7.08. The first-order valence-electron chi connectivity index (χ1n) is 8.55. The number of benzene rings is 1. The predicted octanol–water partition coefficient (Wildman–Crippen LogP) is 4.19. The van der Waals surface area contributed by atoms with E-state index in [1.165, 1.54) is 12.1 Å². The first kappa shape index (κ1) is 22.3. The van der Waals surface area contributed by atoms with E-state index in [-0.39, 0.29) is 17.9 Å². The van der Waals surface area contributed by atoms with Gasteiger partial charge in [0.1, 0.15) is 13.7 Å². The van der Waals surface area contributed by atoms with Crippen LogP contribution in [0, 0.1) is 18.4 Å². The fourth-order valence-electron chi connectivity index (χ4n) is 1.95. The topological polar surface area (TPSA) is 63.7 Å². The maximum absolute atomic E-state index is 12.9. The molecule has 1 amide bonds. The zero-order valence-corrected chi connectivity index (χ0v) is 18.5. The number of carbonyl (C=O) groups is 1. The highest BCUT2D eigenvalue weighted by Crippen LogP contribution is 2.20. The van der Waals surface area contributed by atoms with Crippen LogP contribution in [0.15, 0.2) is 29.2 Å². The van der Waals surface area contributed by atoms with Crippen molar-refractivity contribution in [2.75, 3.05) is 6.54 Å². The SMILES string of the molecule is Cc1ccc(S(=O)(=O)N(CCC#C[Si](C)(C)C)C(=O)OC(C)(C)C)cc1. The quantitative estimate of drug-likeness (QED) is 0.566. The number of carbonyl (C=O) groups excluding carboxylic acids is 1. The molecule has 0 atom stereocenters. The summed E-state index contributed by atoms with van der Waals surface area (Å²) < 4.78 is 32.0. The van der Waals surface area contributed by atoms with Crippen molar-refractivity contribution in [3.8, 4) is 11.5 Å². The largest absolute Gasteiger partial charge is 0.443 e. The monoisotopic (exact) mass is 395 g/mol. The van der Waals surface area contributed by atoms with Crippen molar-refractivity contribution in [1.82, 2.24) is 4.31 Å². The van der Waals surface area contributed by atoms with Crippen LogP contribution in [0.3, 0.4) is 0 Å². The van der Waals surface area contributed by atoms with Gasteiger partial charge >= 0.3 is 6.09 Å². The molecular weight excluding hydrogens is 366 g/mol. The van der Waals surface area contributed by atoms with E-state index in [0.717, 1.165) is 9.87 Å². The van der Waals surface area contributed by atoms with Crippen LogP contribution < -0.4 is 0 Å². The highest BCUT2D eigenvalue weighted by Gasteiger charge is 2.32. The Hall–Kier alpha value is -1.78. The molecule has 0 N–H and O–H groups in total. The van der Waals surface area contributed by atoms with E-state index < -0.39 is 29.8 Å². The smallest absolute Gasteiger partial charge is 0.424 e. The third-order valence-electron chi connectivity index (χ3n) is 3.11. The Labute approximate surface area is 158 Å². The molecule has 0 unspecified atom stereocenters. The van der Waals surface area contributed by atoms with E-state index in [9.17, 15) is 13.2 Å². The molecule has 26 heavy (non-hydrogen) atoms. The summed E-state index contributed by atoms with van der Waals surface area (Å²) in [6.45, 7) is 13.3. The van der Waals surface area contributed by atoms with Gasteiger partial charge in [0, 0.05) is 6.42 Å². The van der Waals surface area contributed by atoms with Gasteiger partial charge in [-0.3, -0.25) is 0 Å². The average molecular weight is 396 g/mol. The lowest BCUT2D eigenvalue weighted by Gasteiger charge is -2.26. The molecule has 0 aliphatic heterocycles. The maximum Gasteiger partial charge on any atom is 0.424 e. The van der Waals surface area contributed by atoms with Gasteiger partial charge < -0.3 is 4.74 Å². The minimum Gasteiger partial charge on any atom is -0.443 e. The molecule has 0 saturated carbocycles. The van der Waals surface area contributed by atoms with Gasteiger partial charge in [0.2, 0.25) is 0 Å². The summed E-state index contributed by atoms with van der Waals surface area (Å²) in [5.41, 5.74) is 3.33. The molecule has 0 saturated heterocycles. The van der Waals surface area contributed by atoms with Crippen molar-refractivity contribution in [3.05, 3.63) is 29.8 Å². The molecule has 0 bridgehead atoms. The van der Waals surface area contributed by atoms with Gasteiger partial charge in [0.25, 0.3) is 10.0 Å². The molecule has 0 aromatic heterocycles. The van der Waals surface area contributed by atoms with Gasteiger partial charge in [-0.05, 0) is 39.8 Å². The molecule has 1 aromatic carbocycles. The predicted molar refractivity (Wildman–Crippen MR) is 107 cm³/mol. The third kappa shape index (κ3) is 7.22.